The summed E-state index contributed by atoms with van der Waals surface area (Å²) in [7, 11) is 0. The quantitative estimate of drug-likeness (QED) is 0.237. The molecule has 1 unspecified atom stereocenters. The fraction of sp³-hybridized carbons (Fsp3) is 0.433. The number of rotatable bonds is 8. The zero-order valence-corrected chi connectivity index (χ0v) is 21.7. The Morgan fingerprint density at radius 2 is 1.79 bits per heavy atom. The highest BCUT2D eigenvalue weighted by atomic mass is 16.3. The standard InChI is InChI=1S/C28H37NO2.C2H6/c1-6-28(5)19-9-12-23(4)26(28)18-13-21(2)10-7-8-11-22(3)20-27(31)29-24-14-16-25(30)17-15-24;1-2/h8,10-11,13-18,20,30H,6-7,9,12,19H2,1-5H3,(H,29,31);1-2H3/b11-8+,18-13+,21-10+,22-20+;. The molecule has 1 aliphatic rings. The number of carbonyl (C=O) groups excluding carboxylic acids is 1. The van der Waals surface area contributed by atoms with Crippen LogP contribution in [0.1, 0.15) is 80.6 Å². The molecule has 0 heterocycles. The van der Waals surface area contributed by atoms with Gasteiger partial charge in [0.1, 0.15) is 5.75 Å². The predicted molar refractivity (Wildman–Crippen MR) is 143 cm³/mol. The summed E-state index contributed by atoms with van der Waals surface area (Å²) >= 11 is 0. The van der Waals surface area contributed by atoms with E-state index in [4.69, 9.17) is 0 Å². The number of carbonyl (C=O) groups is 1. The van der Waals surface area contributed by atoms with E-state index in [-0.39, 0.29) is 11.7 Å². The molecule has 0 radical (unpaired) electrons. The zero-order chi connectivity index (χ0) is 24.9. The topological polar surface area (TPSA) is 49.3 Å². The van der Waals surface area contributed by atoms with Gasteiger partial charge in [-0.15, -0.1) is 0 Å². The molecule has 0 saturated heterocycles. The van der Waals surface area contributed by atoms with E-state index >= 15 is 0 Å². The number of phenolic OH excluding ortho intramolecular Hbond substituents is 1. The lowest BCUT2D eigenvalue weighted by atomic mass is 9.69. The zero-order valence-electron chi connectivity index (χ0n) is 21.7. The smallest absolute Gasteiger partial charge is 0.248 e. The van der Waals surface area contributed by atoms with Crippen LogP contribution in [-0.2, 0) is 4.79 Å². The second-order valence-corrected chi connectivity index (χ2v) is 8.81. The van der Waals surface area contributed by atoms with E-state index in [1.54, 1.807) is 30.3 Å². The normalized spacial score (nSPS) is 19.6. The summed E-state index contributed by atoms with van der Waals surface area (Å²) in [6.07, 6.45) is 18.2. The van der Waals surface area contributed by atoms with E-state index in [9.17, 15) is 9.90 Å². The van der Waals surface area contributed by atoms with E-state index in [0.717, 1.165) is 12.0 Å². The van der Waals surface area contributed by atoms with Crippen LogP contribution in [0.5, 0.6) is 5.75 Å². The first-order valence-electron chi connectivity index (χ1n) is 12.2. The Labute approximate surface area is 201 Å². The van der Waals surface area contributed by atoms with Crippen molar-refractivity contribution in [2.75, 3.05) is 5.32 Å². The molecular formula is C30H43NO2. The van der Waals surface area contributed by atoms with Crippen LogP contribution < -0.4 is 5.32 Å². The monoisotopic (exact) mass is 449 g/mol. The number of amides is 1. The van der Waals surface area contributed by atoms with Gasteiger partial charge in [-0.25, -0.2) is 0 Å². The number of phenols is 1. The van der Waals surface area contributed by atoms with Crippen molar-refractivity contribution in [3.05, 3.63) is 83.0 Å². The molecule has 33 heavy (non-hydrogen) atoms. The third kappa shape index (κ3) is 9.69. The van der Waals surface area contributed by atoms with Gasteiger partial charge in [-0.3, -0.25) is 4.79 Å². The summed E-state index contributed by atoms with van der Waals surface area (Å²) in [6.45, 7) is 15.0. The Morgan fingerprint density at radius 3 is 2.42 bits per heavy atom. The molecule has 0 aromatic heterocycles. The molecule has 180 valence electrons. The second kappa shape index (κ2) is 14.4. The van der Waals surface area contributed by atoms with Crippen molar-refractivity contribution < 1.29 is 9.90 Å². The van der Waals surface area contributed by atoms with Crippen LogP contribution in [0.15, 0.2) is 83.0 Å². The van der Waals surface area contributed by atoms with Gasteiger partial charge in [-0.05, 0) is 93.7 Å². The summed E-state index contributed by atoms with van der Waals surface area (Å²) in [5.41, 5.74) is 6.15. The fourth-order valence-corrected chi connectivity index (χ4v) is 4.01. The maximum Gasteiger partial charge on any atom is 0.248 e. The van der Waals surface area contributed by atoms with Gasteiger partial charge in [0.15, 0.2) is 0 Å². The Morgan fingerprint density at radius 1 is 1.12 bits per heavy atom. The van der Waals surface area contributed by atoms with Crippen LogP contribution in [0, 0.1) is 5.41 Å². The summed E-state index contributed by atoms with van der Waals surface area (Å²) in [4.78, 5) is 12.1. The lowest BCUT2D eigenvalue weighted by Crippen LogP contribution is -2.22. The Hall–Kier alpha value is -2.81. The minimum atomic E-state index is -0.183. The number of allylic oxidation sites excluding steroid dienone is 9. The van der Waals surface area contributed by atoms with E-state index in [2.05, 4.69) is 57.3 Å². The Balaban J connectivity index is 0.00000265. The molecule has 0 saturated carbocycles. The van der Waals surface area contributed by atoms with Crippen LogP contribution in [0.4, 0.5) is 5.69 Å². The number of nitrogens with one attached hydrogen (secondary N) is 1. The molecule has 1 aromatic carbocycles. The third-order valence-corrected chi connectivity index (χ3v) is 6.13. The second-order valence-electron chi connectivity index (χ2n) is 8.81. The van der Waals surface area contributed by atoms with E-state index in [0.29, 0.717) is 11.1 Å². The highest BCUT2D eigenvalue weighted by Gasteiger charge is 2.29. The van der Waals surface area contributed by atoms with Gasteiger partial charge in [-0.1, -0.05) is 69.2 Å². The Bertz CT molecular complexity index is 913. The fourth-order valence-electron chi connectivity index (χ4n) is 4.01. The molecule has 3 heteroatoms. The maximum atomic E-state index is 12.1. The molecule has 0 fully saturated rings. The number of anilines is 1. The molecule has 1 aromatic rings. The summed E-state index contributed by atoms with van der Waals surface area (Å²) in [5.74, 6) is -0.00609. The molecule has 0 spiro atoms. The first-order valence-corrected chi connectivity index (χ1v) is 12.2. The van der Waals surface area contributed by atoms with Gasteiger partial charge >= 0.3 is 0 Å². The van der Waals surface area contributed by atoms with Crippen LogP contribution in [0.2, 0.25) is 0 Å². The summed E-state index contributed by atoms with van der Waals surface area (Å²) in [5, 5.41) is 12.1. The molecule has 3 nitrogen and oxygen atoms in total. The molecule has 2 N–H and O–H groups in total. The first kappa shape index (κ1) is 28.2. The average molecular weight is 450 g/mol. The highest BCUT2D eigenvalue weighted by Crippen LogP contribution is 2.43. The van der Waals surface area contributed by atoms with Gasteiger partial charge < -0.3 is 10.4 Å². The third-order valence-electron chi connectivity index (χ3n) is 6.13. The minimum Gasteiger partial charge on any atom is -0.508 e. The maximum absolute atomic E-state index is 12.1. The molecule has 1 atom stereocenters. The van der Waals surface area contributed by atoms with E-state index < -0.39 is 0 Å². The van der Waals surface area contributed by atoms with Crippen LogP contribution in [-0.4, -0.2) is 11.0 Å². The van der Waals surface area contributed by atoms with Crippen molar-refractivity contribution in [2.24, 2.45) is 5.41 Å². The number of aromatic hydroxyl groups is 1. The van der Waals surface area contributed by atoms with Gasteiger partial charge in [0.05, 0.1) is 0 Å². The van der Waals surface area contributed by atoms with Crippen LogP contribution in [0.25, 0.3) is 0 Å². The van der Waals surface area contributed by atoms with Crippen LogP contribution in [0.3, 0.4) is 0 Å². The SMILES string of the molecule is CC.CCC1(C)CCCC(C)=C1/C=C/C(C)=C/C/C=C/C(C)=C/C(=O)Nc1ccc(O)cc1. The van der Waals surface area contributed by atoms with E-state index in [1.807, 2.05) is 26.8 Å². The van der Waals surface area contributed by atoms with Crippen molar-refractivity contribution in [3.63, 3.8) is 0 Å². The van der Waals surface area contributed by atoms with Gasteiger partial charge in [0.25, 0.3) is 0 Å². The first-order chi connectivity index (χ1) is 15.7. The van der Waals surface area contributed by atoms with E-state index in [1.165, 1.54) is 42.4 Å². The summed E-state index contributed by atoms with van der Waals surface area (Å²) < 4.78 is 0. The van der Waals surface area contributed by atoms with Crippen molar-refractivity contribution in [2.45, 2.75) is 80.6 Å². The van der Waals surface area contributed by atoms with Gasteiger partial charge in [-0.2, -0.15) is 0 Å². The van der Waals surface area contributed by atoms with Gasteiger partial charge in [0.2, 0.25) is 5.91 Å². The average Bonchev–Trinajstić information content (AvgIpc) is 2.79. The highest BCUT2D eigenvalue weighted by molar-refractivity contribution is 5.99. The predicted octanol–water partition coefficient (Wildman–Crippen LogP) is 8.67. The molecule has 0 bridgehead atoms. The van der Waals surface area contributed by atoms with Crippen molar-refractivity contribution in [3.8, 4) is 5.75 Å². The van der Waals surface area contributed by atoms with Crippen molar-refractivity contribution >= 4 is 11.6 Å². The minimum absolute atomic E-state index is 0.177. The molecular weight excluding hydrogens is 406 g/mol. The number of hydrogen-bond acceptors (Lipinski definition) is 2. The molecule has 1 amide bonds. The number of benzene rings is 1. The number of hydrogen-bond donors (Lipinski definition) is 2. The lowest BCUT2D eigenvalue weighted by Gasteiger charge is -2.35. The molecule has 2 rings (SSSR count). The van der Waals surface area contributed by atoms with Crippen molar-refractivity contribution in [1.29, 1.82) is 0 Å². The molecule has 0 aliphatic heterocycles. The van der Waals surface area contributed by atoms with Crippen molar-refractivity contribution in [1.82, 2.24) is 0 Å². The Kier molecular flexibility index (Phi) is 12.3. The summed E-state index contributed by atoms with van der Waals surface area (Å²) in [6, 6.07) is 6.43. The van der Waals surface area contributed by atoms with Gasteiger partial charge in [0, 0.05) is 11.8 Å². The molecule has 1 aliphatic carbocycles. The van der Waals surface area contributed by atoms with Crippen LogP contribution >= 0.6 is 0 Å². The lowest BCUT2D eigenvalue weighted by molar-refractivity contribution is -0.111. The largest absolute Gasteiger partial charge is 0.508 e.